The van der Waals surface area contributed by atoms with E-state index in [9.17, 15) is 14.7 Å². The molecule has 0 fully saturated rings. The molecule has 0 aromatic heterocycles. The second kappa shape index (κ2) is 6.08. The summed E-state index contributed by atoms with van der Waals surface area (Å²) >= 11 is 0. The Labute approximate surface area is 138 Å². The topological polar surface area (TPSA) is 84.9 Å². The maximum absolute atomic E-state index is 12.2. The number of amides is 2. The SMILES string of the molecule is COc1cc(C=C2C(=O)NC(=O)c3ccccc32)cc(OC)c1O. The van der Waals surface area contributed by atoms with E-state index in [1.807, 2.05) is 0 Å². The summed E-state index contributed by atoms with van der Waals surface area (Å²) in [5.41, 5.74) is 1.93. The molecular weight excluding hydrogens is 310 g/mol. The van der Waals surface area contributed by atoms with Crippen molar-refractivity contribution in [2.75, 3.05) is 14.2 Å². The second-order valence-corrected chi connectivity index (χ2v) is 5.16. The smallest absolute Gasteiger partial charge is 0.258 e. The van der Waals surface area contributed by atoms with E-state index in [4.69, 9.17) is 9.47 Å². The molecule has 2 N–H and O–H groups in total. The molecule has 122 valence electrons. The molecule has 2 aromatic carbocycles. The third-order valence-electron chi connectivity index (χ3n) is 3.75. The number of phenols is 1. The second-order valence-electron chi connectivity index (χ2n) is 5.16. The lowest BCUT2D eigenvalue weighted by Crippen LogP contribution is -2.36. The van der Waals surface area contributed by atoms with Gasteiger partial charge in [0.05, 0.1) is 14.2 Å². The maximum Gasteiger partial charge on any atom is 0.258 e. The van der Waals surface area contributed by atoms with Gasteiger partial charge in [0.2, 0.25) is 5.75 Å². The summed E-state index contributed by atoms with van der Waals surface area (Å²) in [5.74, 6) is -0.576. The van der Waals surface area contributed by atoms with Gasteiger partial charge >= 0.3 is 0 Å². The lowest BCUT2D eigenvalue weighted by atomic mass is 9.93. The van der Waals surface area contributed by atoms with Crippen molar-refractivity contribution in [3.63, 3.8) is 0 Å². The largest absolute Gasteiger partial charge is 0.502 e. The van der Waals surface area contributed by atoms with Crippen molar-refractivity contribution < 1.29 is 24.2 Å². The van der Waals surface area contributed by atoms with Gasteiger partial charge in [-0.25, -0.2) is 0 Å². The summed E-state index contributed by atoms with van der Waals surface area (Å²) in [6, 6.07) is 10.0. The average molecular weight is 325 g/mol. The molecule has 0 bridgehead atoms. The number of rotatable bonds is 3. The number of methoxy groups -OCH3 is 2. The molecule has 1 aliphatic rings. The molecule has 1 aliphatic heterocycles. The highest BCUT2D eigenvalue weighted by atomic mass is 16.5. The Balaban J connectivity index is 2.16. The van der Waals surface area contributed by atoms with Gasteiger partial charge in [0.1, 0.15) is 0 Å². The first-order chi connectivity index (χ1) is 11.5. The highest BCUT2D eigenvalue weighted by Gasteiger charge is 2.26. The van der Waals surface area contributed by atoms with Gasteiger partial charge in [-0.1, -0.05) is 18.2 Å². The Kier molecular flexibility index (Phi) is 3.95. The van der Waals surface area contributed by atoms with Crippen molar-refractivity contribution in [1.82, 2.24) is 5.32 Å². The molecular formula is C18H15NO5. The van der Waals surface area contributed by atoms with Gasteiger partial charge in [-0.15, -0.1) is 0 Å². The van der Waals surface area contributed by atoms with Gasteiger partial charge in [0.25, 0.3) is 11.8 Å². The maximum atomic E-state index is 12.2. The molecule has 0 saturated carbocycles. The number of benzene rings is 2. The zero-order valence-electron chi connectivity index (χ0n) is 13.1. The number of hydrogen-bond acceptors (Lipinski definition) is 5. The number of ether oxygens (including phenoxy) is 2. The lowest BCUT2D eigenvalue weighted by molar-refractivity contribution is -0.114. The predicted molar refractivity (Wildman–Crippen MR) is 88.0 cm³/mol. The van der Waals surface area contributed by atoms with Crippen molar-refractivity contribution >= 4 is 23.5 Å². The molecule has 0 aliphatic carbocycles. The number of fused-ring (bicyclic) bond motifs is 1. The zero-order chi connectivity index (χ0) is 17.3. The number of phenolic OH excluding ortho intramolecular Hbond substituents is 1. The number of carbonyl (C=O) groups is 2. The monoisotopic (exact) mass is 325 g/mol. The third-order valence-corrected chi connectivity index (χ3v) is 3.75. The summed E-state index contributed by atoms with van der Waals surface area (Å²) in [4.78, 5) is 24.1. The van der Waals surface area contributed by atoms with Crippen LogP contribution in [0.3, 0.4) is 0 Å². The molecule has 0 atom stereocenters. The van der Waals surface area contributed by atoms with Crippen LogP contribution in [0.2, 0.25) is 0 Å². The van der Waals surface area contributed by atoms with E-state index in [1.54, 1.807) is 42.5 Å². The Morgan fingerprint density at radius 3 is 2.12 bits per heavy atom. The van der Waals surface area contributed by atoms with Crippen LogP contribution in [-0.2, 0) is 4.79 Å². The van der Waals surface area contributed by atoms with Crippen LogP contribution >= 0.6 is 0 Å². The van der Waals surface area contributed by atoms with Crippen LogP contribution in [0.1, 0.15) is 21.5 Å². The first kappa shape index (κ1) is 15.6. The molecule has 0 spiro atoms. The number of nitrogens with one attached hydrogen (secondary N) is 1. The minimum atomic E-state index is -0.482. The van der Waals surface area contributed by atoms with Crippen LogP contribution in [-0.4, -0.2) is 31.1 Å². The van der Waals surface area contributed by atoms with Crippen LogP contribution in [0, 0.1) is 0 Å². The molecule has 0 saturated heterocycles. The standard InChI is InChI=1S/C18H15NO5/c1-23-14-8-10(9-15(24-2)16(14)20)7-13-11-5-3-4-6-12(11)17(21)19-18(13)22/h3-9,20H,1-2H3,(H,19,21,22). The average Bonchev–Trinajstić information content (AvgIpc) is 2.59. The molecule has 2 aromatic rings. The normalized spacial score (nSPS) is 15.0. The molecule has 6 nitrogen and oxygen atoms in total. The number of carbonyl (C=O) groups excluding carboxylic acids is 2. The Bertz CT molecular complexity index is 844. The van der Waals surface area contributed by atoms with Crippen LogP contribution in [0.5, 0.6) is 17.2 Å². The van der Waals surface area contributed by atoms with Crippen LogP contribution in [0.15, 0.2) is 36.4 Å². The van der Waals surface area contributed by atoms with Crippen molar-refractivity contribution in [3.05, 3.63) is 53.1 Å². The van der Waals surface area contributed by atoms with Crippen molar-refractivity contribution in [3.8, 4) is 17.2 Å². The molecule has 0 unspecified atom stereocenters. The van der Waals surface area contributed by atoms with Gasteiger partial charge < -0.3 is 14.6 Å². The van der Waals surface area contributed by atoms with Gasteiger partial charge in [0.15, 0.2) is 11.5 Å². The van der Waals surface area contributed by atoms with Crippen molar-refractivity contribution in [1.29, 1.82) is 0 Å². The van der Waals surface area contributed by atoms with E-state index in [2.05, 4.69) is 5.32 Å². The van der Waals surface area contributed by atoms with Crippen LogP contribution in [0.4, 0.5) is 0 Å². The highest BCUT2D eigenvalue weighted by Crippen LogP contribution is 2.38. The van der Waals surface area contributed by atoms with Gasteiger partial charge in [-0.2, -0.15) is 0 Å². The number of hydrogen-bond donors (Lipinski definition) is 2. The van der Waals surface area contributed by atoms with E-state index in [-0.39, 0.29) is 17.2 Å². The Morgan fingerprint density at radius 2 is 1.54 bits per heavy atom. The molecule has 6 heteroatoms. The summed E-state index contributed by atoms with van der Waals surface area (Å²) in [6.45, 7) is 0. The first-order valence-electron chi connectivity index (χ1n) is 7.17. The minimum absolute atomic E-state index is 0.120. The summed E-state index contributed by atoms with van der Waals surface area (Å²) in [7, 11) is 2.85. The number of aromatic hydroxyl groups is 1. The fourth-order valence-electron chi connectivity index (χ4n) is 2.58. The van der Waals surface area contributed by atoms with Crippen molar-refractivity contribution in [2.24, 2.45) is 0 Å². The summed E-state index contributed by atoms with van der Waals surface area (Å²) in [5, 5.41) is 12.3. The van der Waals surface area contributed by atoms with E-state index in [0.717, 1.165) is 0 Å². The number of imide groups is 1. The Morgan fingerprint density at radius 1 is 0.958 bits per heavy atom. The Hall–Kier alpha value is -3.28. The highest BCUT2D eigenvalue weighted by molar-refractivity contribution is 6.33. The van der Waals surface area contributed by atoms with Crippen LogP contribution in [0.25, 0.3) is 11.6 Å². The predicted octanol–water partition coefficient (Wildman–Crippen LogP) is 2.22. The van der Waals surface area contributed by atoms with Gasteiger partial charge in [-0.3, -0.25) is 14.9 Å². The van der Waals surface area contributed by atoms with Crippen molar-refractivity contribution in [2.45, 2.75) is 0 Å². The minimum Gasteiger partial charge on any atom is -0.502 e. The van der Waals surface area contributed by atoms with E-state index >= 15 is 0 Å². The molecule has 3 rings (SSSR count). The van der Waals surface area contributed by atoms with Gasteiger partial charge in [-0.05, 0) is 35.4 Å². The van der Waals surface area contributed by atoms with E-state index in [1.165, 1.54) is 14.2 Å². The molecule has 1 heterocycles. The van der Waals surface area contributed by atoms with E-state index < -0.39 is 11.8 Å². The summed E-state index contributed by atoms with van der Waals surface area (Å²) < 4.78 is 10.2. The van der Waals surface area contributed by atoms with Gasteiger partial charge in [0, 0.05) is 11.1 Å². The van der Waals surface area contributed by atoms with E-state index in [0.29, 0.717) is 22.3 Å². The molecule has 24 heavy (non-hydrogen) atoms. The molecule has 2 amide bonds. The summed E-state index contributed by atoms with van der Waals surface area (Å²) in [6.07, 6.45) is 1.62. The zero-order valence-corrected chi connectivity index (χ0v) is 13.1. The van der Waals surface area contributed by atoms with Crippen LogP contribution < -0.4 is 14.8 Å². The fraction of sp³-hybridized carbons (Fsp3) is 0.111. The first-order valence-corrected chi connectivity index (χ1v) is 7.17. The lowest BCUT2D eigenvalue weighted by Gasteiger charge is -2.18. The third kappa shape index (κ3) is 2.58. The quantitative estimate of drug-likeness (QED) is 0.668. The fourth-order valence-corrected chi connectivity index (χ4v) is 2.58. The molecule has 0 radical (unpaired) electrons.